The van der Waals surface area contributed by atoms with Gasteiger partial charge in [0.2, 0.25) is 0 Å². The number of hydrogen-bond donors (Lipinski definition) is 2. The Kier molecular flexibility index (Phi) is 7.02. The molecule has 0 spiro atoms. The third-order valence-electron chi connectivity index (χ3n) is 4.79. The maximum absolute atomic E-state index is 14.8. The Hall–Kier alpha value is -2.13. The highest BCUT2D eigenvalue weighted by atomic mass is 79.9. The van der Waals surface area contributed by atoms with E-state index in [1.54, 1.807) is 37.8 Å². The third-order valence-corrected chi connectivity index (χ3v) is 6.38. The predicted molar refractivity (Wildman–Crippen MR) is 116 cm³/mol. The first-order valence-corrected chi connectivity index (χ1v) is 10.7. The Morgan fingerprint density at radius 2 is 2.20 bits per heavy atom. The number of piperidine rings is 1. The fraction of sp³-hybridized carbons (Fsp3) is 0.450. The van der Waals surface area contributed by atoms with Crippen LogP contribution in [0.2, 0.25) is 5.02 Å². The SMILES string of the molecule is Cc1[nH]c(C(=O)N[C@@H]2CCN(c3cc(C(=O)OC(C)C)ccn3)C[C@@H]2F)c(Cl)c1Br. The van der Waals surface area contributed by atoms with Crippen molar-refractivity contribution in [1.82, 2.24) is 15.3 Å². The summed E-state index contributed by atoms with van der Waals surface area (Å²) in [6.07, 6.45) is 0.337. The van der Waals surface area contributed by atoms with Gasteiger partial charge in [-0.15, -0.1) is 0 Å². The number of H-pyrrole nitrogens is 1. The molecule has 3 rings (SSSR count). The van der Waals surface area contributed by atoms with Crippen molar-refractivity contribution in [2.45, 2.75) is 45.5 Å². The summed E-state index contributed by atoms with van der Waals surface area (Å²) in [7, 11) is 0. The van der Waals surface area contributed by atoms with Crippen LogP contribution in [0.5, 0.6) is 0 Å². The molecule has 3 heterocycles. The van der Waals surface area contributed by atoms with E-state index in [1.165, 1.54) is 6.20 Å². The molecule has 0 saturated carbocycles. The monoisotopic (exact) mass is 500 g/mol. The highest BCUT2D eigenvalue weighted by Crippen LogP contribution is 2.30. The van der Waals surface area contributed by atoms with Gasteiger partial charge in [-0.2, -0.15) is 0 Å². The number of aromatic nitrogens is 2. The van der Waals surface area contributed by atoms with E-state index in [0.29, 0.717) is 28.8 Å². The normalized spacial score (nSPS) is 19.1. The van der Waals surface area contributed by atoms with Crippen LogP contribution in [0.1, 0.15) is 46.8 Å². The van der Waals surface area contributed by atoms with Crippen LogP contribution in [-0.2, 0) is 4.74 Å². The van der Waals surface area contributed by atoms with Crippen molar-refractivity contribution >= 4 is 45.2 Å². The zero-order chi connectivity index (χ0) is 22.0. The van der Waals surface area contributed by atoms with Crippen molar-refractivity contribution in [2.75, 3.05) is 18.0 Å². The number of halogens is 3. The summed E-state index contributed by atoms with van der Waals surface area (Å²) in [4.78, 5) is 33.5. The van der Waals surface area contributed by atoms with Gasteiger partial charge in [-0.05, 0) is 55.3 Å². The van der Waals surface area contributed by atoms with Crippen LogP contribution >= 0.6 is 27.5 Å². The van der Waals surface area contributed by atoms with Crippen LogP contribution in [-0.4, -0.2) is 53.3 Å². The molecule has 2 atom stereocenters. The van der Waals surface area contributed by atoms with E-state index in [0.717, 1.165) is 5.69 Å². The van der Waals surface area contributed by atoms with Gasteiger partial charge in [0.15, 0.2) is 0 Å². The zero-order valence-corrected chi connectivity index (χ0v) is 19.2. The van der Waals surface area contributed by atoms with Gasteiger partial charge in [-0.3, -0.25) is 4.79 Å². The largest absolute Gasteiger partial charge is 0.459 e. The summed E-state index contributed by atoms with van der Waals surface area (Å²) in [5.41, 5.74) is 1.29. The number of amides is 1. The number of aryl methyl sites for hydroxylation is 1. The maximum atomic E-state index is 14.8. The second kappa shape index (κ2) is 9.34. The number of anilines is 1. The van der Waals surface area contributed by atoms with Gasteiger partial charge < -0.3 is 19.9 Å². The van der Waals surface area contributed by atoms with E-state index in [1.807, 2.05) is 0 Å². The van der Waals surface area contributed by atoms with E-state index in [-0.39, 0.29) is 23.4 Å². The first-order chi connectivity index (χ1) is 14.2. The lowest BCUT2D eigenvalue weighted by Gasteiger charge is -2.35. The average Bonchev–Trinajstić information content (AvgIpc) is 2.96. The smallest absolute Gasteiger partial charge is 0.338 e. The van der Waals surface area contributed by atoms with Gasteiger partial charge in [0, 0.05) is 18.4 Å². The topological polar surface area (TPSA) is 87.3 Å². The number of alkyl halides is 1. The number of esters is 1. The van der Waals surface area contributed by atoms with Gasteiger partial charge >= 0.3 is 5.97 Å². The van der Waals surface area contributed by atoms with Crippen molar-refractivity contribution in [3.8, 4) is 0 Å². The molecule has 0 radical (unpaired) electrons. The molecule has 1 saturated heterocycles. The van der Waals surface area contributed by atoms with Crippen LogP contribution in [0.25, 0.3) is 0 Å². The van der Waals surface area contributed by atoms with E-state index in [4.69, 9.17) is 16.3 Å². The molecule has 1 aliphatic heterocycles. The van der Waals surface area contributed by atoms with Gasteiger partial charge in [0.25, 0.3) is 5.91 Å². The molecule has 7 nitrogen and oxygen atoms in total. The molecule has 0 unspecified atom stereocenters. The zero-order valence-electron chi connectivity index (χ0n) is 16.8. The number of hydrogen-bond acceptors (Lipinski definition) is 5. The molecular formula is C20H23BrClFN4O3. The number of rotatable bonds is 5. The minimum Gasteiger partial charge on any atom is -0.459 e. The number of carbonyl (C=O) groups is 2. The standard InChI is InChI=1S/C20H23BrClFN4O3/c1-10(2)30-20(29)12-4-6-24-15(8-12)27-7-5-14(13(23)9-27)26-19(28)18-17(22)16(21)11(3)25-18/h4,6,8,10,13-14,25H,5,7,9H2,1-3H3,(H,26,28)/t13-,14+/m0/s1. The van der Waals surface area contributed by atoms with Gasteiger partial charge in [-0.25, -0.2) is 14.2 Å². The molecule has 2 aromatic rings. The average molecular weight is 502 g/mol. The second-order valence-corrected chi connectivity index (χ2v) is 8.61. The number of ether oxygens (including phenoxy) is 1. The number of aromatic amines is 1. The lowest BCUT2D eigenvalue weighted by atomic mass is 10.0. The lowest BCUT2D eigenvalue weighted by molar-refractivity contribution is 0.0377. The van der Waals surface area contributed by atoms with Gasteiger partial charge in [0.1, 0.15) is 17.7 Å². The van der Waals surface area contributed by atoms with Crippen molar-refractivity contribution < 1.29 is 18.7 Å². The fourth-order valence-corrected chi connectivity index (χ4v) is 3.82. The van der Waals surface area contributed by atoms with Gasteiger partial charge in [-0.1, -0.05) is 11.6 Å². The lowest BCUT2D eigenvalue weighted by Crippen LogP contribution is -2.52. The van der Waals surface area contributed by atoms with Crippen LogP contribution in [0.4, 0.5) is 10.2 Å². The molecule has 0 bridgehead atoms. The van der Waals surface area contributed by atoms with Crippen molar-refractivity contribution in [3.63, 3.8) is 0 Å². The van der Waals surface area contributed by atoms with E-state index < -0.39 is 24.1 Å². The summed E-state index contributed by atoms with van der Waals surface area (Å²) in [6.45, 7) is 5.84. The van der Waals surface area contributed by atoms with Crippen molar-refractivity contribution in [2.24, 2.45) is 0 Å². The fourth-order valence-electron chi connectivity index (χ4n) is 3.24. The summed E-state index contributed by atoms with van der Waals surface area (Å²) < 4.78 is 20.7. The molecule has 10 heteroatoms. The molecule has 1 aliphatic rings. The minimum absolute atomic E-state index is 0.0435. The molecular weight excluding hydrogens is 479 g/mol. The van der Waals surface area contributed by atoms with Crippen LogP contribution in [0.3, 0.4) is 0 Å². The van der Waals surface area contributed by atoms with E-state index in [9.17, 15) is 14.0 Å². The summed E-state index contributed by atoms with van der Waals surface area (Å²) in [5.74, 6) is -0.407. The molecule has 0 aliphatic carbocycles. The highest BCUT2D eigenvalue weighted by molar-refractivity contribution is 9.10. The number of carbonyl (C=O) groups excluding carboxylic acids is 2. The molecule has 1 amide bonds. The summed E-state index contributed by atoms with van der Waals surface area (Å²) >= 11 is 9.46. The Morgan fingerprint density at radius 1 is 1.47 bits per heavy atom. The van der Waals surface area contributed by atoms with Crippen LogP contribution in [0, 0.1) is 6.92 Å². The van der Waals surface area contributed by atoms with Gasteiger partial charge in [0.05, 0.1) is 33.7 Å². The van der Waals surface area contributed by atoms with Crippen LogP contribution < -0.4 is 10.2 Å². The Balaban J connectivity index is 1.64. The number of nitrogens with one attached hydrogen (secondary N) is 2. The summed E-state index contributed by atoms with van der Waals surface area (Å²) in [6, 6.07) is 2.50. The maximum Gasteiger partial charge on any atom is 0.338 e. The number of nitrogens with zero attached hydrogens (tertiary/aromatic N) is 2. The highest BCUT2D eigenvalue weighted by Gasteiger charge is 2.32. The van der Waals surface area contributed by atoms with Crippen LogP contribution in [0.15, 0.2) is 22.8 Å². The number of pyridine rings is 1. The minimum atomic E-state index is -1.31. The summed E-state index contributed by atoms with van der Waals surface area (Å²) in [5, 5.41) is 2.99. The predicted octanol–water partition coefficient (Wildman–Crippen LogP) is 4.05. The second-order valence-electron chi connectivity index (χ2n) is 7.44. The molecule has 2 N–H and O–H groups in total. The van der Waals surface area contributed by atoms with Crippen molar-refractivity contribution in [1.29, 1.82) is 0 Å². The molecule has 162 valence electrons. The molecule has 0 aromatic carbocycles. The van der Waals surface area contributed by atoms with E-state index in [2.05, 4.69) is 31.2 Å². The first-order valence-electron chi connectivity index (χ1n) is 9.57. The molecule has 30 heavy (non-hydrogen) atoms. The van der Waals surface area contributed by atoms with E-state index >= 15 is 0 Å². The first kappa shape index (κ1) is 22.6. The molecule has 1 fully saturated rings. The quantitative estimate of drug-likeness (QED) is 0.604. The Morgan fingerprint density at radius 3 is 2.80 bits per heavy atom. The third kappa shape index (κ3) is 4.95. The van der Waals surface area contributed by atoms with Crippen molar-refractivity contribution in [3.05, 3.63) is 44.8 Å². The Labute approximate surface area is 187 Å². The molecule has 2 aromatic heterocycles. The Bertz CT molecular complexity index is 952.